The van der Waals surface area contributed by atoms with E-state index < -0.39 is 0 Å². The van der Waals surface area contributed by atoms with Gasteiger partial charge in [0.15, 0.2) is 0 Å². The molecule has 3 rings (SSSR count). The first kappa shape index (κ1) is 18.3. The molecule has 1 aromatic carbocycles. The Kier molecular flexibility index (Phi) is 5.94. The van der Waals surface area contributed by atoms with Crippen LogP contribution in [-0.2, 0) is 0 Å². The lowest BCUT2D eigenvalue weighted by molar-refractivity contribution is 0.249. The number of aromatic nitrogens is 2. The molecule has 1 saturated heterocycles. The van der Waals surface area contributed by atoms with Crippen molar-refractivity contribution in [1.29, 1.82) is 0 Å². The molecule has 0 saturated carbocycles. The number of methoxy groups -OCH3 is 2. The standard InChI is InChI=1S/C19H26BrN5O2/c1-24(2)14-5-7-25(8-6-14)16-10-17(26-3)15(9-18(16)27-4)23-19-21-11-13(20)12-22-19/h9-12,14H,5-8H2,1-4H3,(H,21,22,23)/i11D. The SMILES string of the molecule is [2H]c1nc(Nc2cc(OC)c(N3CCC(N(C)C)CC3)cc2OC)ncc1Br. The quantitative estimate of drug-likeness (QED) is 0.742. The minimum atomic E-state index is 0.115. The van der Waals surface area contributed by atoms with Crippen LogP contribution < -0.4 is 19.7 Å². The Labute approximate surface area is 170 Å². The maximum Gasteiger partial charge on any atom is 0.227 e. The molecule has 2 heterocycles. The van der Waals surface area contributed by atoms with E-state index in [0.29, 0.717) is 27.9 Å². The normalized spacial score (nSPS) is 15.6. The van der Waals surface area contributed by atoms with Crippen molar-refractivity contribution in [3.05, 3.63) is 29.0 Å². The van der Waals surface area contributed by atoms with Gasteiger partial charge < -0.3 is 24.6 Å². The van der Waals surface area contributed by atoms with Crippen LogP contribution in [0.25, 0.3) is 0 Å². The zero-order chi connectivity index (χ0) is 20.3. The molecule has 8 heteroatoms. The van der Waals surface area contributed by atoms with E-state index in [9.17, 15) is 0 Å². The van der Waals surface area contributed by atoms with Gasteiger partial charge in [-0.25, -0.2) is 9.97 Å². The molecule has 2 aromatic rings. The maximum absolute atomic E-state index is 7.81. The average Bonchev–Trinajstić information content (AvgIpc) is 2.70. The molecule has 0 atom stereocenters. The van der Waals surface area contributed by atoms with Crippen molar-refractivity contribution >= 4 is 33.3 Å². The number of halogens is 1. The van der Waals surface area contributed by atoms with Crippen molar-refractivity contribution in [2.24, 2.45) is 0 Å². The van der Waals surface area contributed by atoms with Crippen molar-refractivity contribution in [1.82, 2.24) is 14.9 Å². The molecule has 1 N–H and O–H groups in total. The molecule has 0 bridgehead atoms. The largest absolute Gasteiger partial charge is 0.494 e. The lowest BCUT2D eigenvalue weighted by atomic mass is 10.0. The molecule has 0 aliphatic carbocycles. The van der Waals surface area contributed by atoms with Gasteiger partial charge in [-0.05, 0) is 42.9 Å². The fraction of sp³-hybridized carbons (Fsp3) is 0.474. The van der Waals surface area contributed by atoms with Gasteiger partial charge in [-0.15, -0.1) is 0 Å². The highest BCUT2D eigenvalue weighted by molar-refractivity contribution is 9.10. The number of nitrogens with one attached hydrogen (secondary N) is 1. The lowest BCUT2D eigenvalue weighted by Crippen LogP contribution is -2.42. The molecule has 0 amide bonds. The number of rotatable bonds is 6. The summed E-state index contributed by atoms with van der Waals surface area (Å²) in [7, 11) is 7.57. The van der Waals surface area contributed by atoms with Crippen LogP contribution in [0.15, 0.2) is 29.0 Å². The first-order valence-corrected chi connectivity index (χ1v) is 9.65. The summed E-state index contributed by atoms with van der Waals surface area (Å²) < 4.78 is 19.6. The van der Waals surface area contributed by atoms with E-state index >= 15 is 0 Å². The Balaban J connectivity index is 1.86. The molecule has 1 aliphatic heterocycles. The first-order chi connectivity index (χ1) is 13.4. The predicted molar refractivity (Wildman–Crippen MR) is 111 cm³/mol. The van der Waals surface area contributed by atoms with Gasteiger partial charge in [0.2, 0.25) is 5.95 Å². The number of nitrogens with zero attached hydrogens (tertiary/aromatic N) is 4. The van der Waals surface area contributed by atoms with E-state index in [-0.39, 0.29) is 6.17 Å². The number of benzene rings is 1. The summed E-state index contributed by atoms with van der Waals surface area (Å²) in [5, 5.41) is 3.13. The molecule has 0 unspecified atom stereocenters. The number of hydrogen-bond donors (Lipinski definition) is 1. The molecule has 1 aromatic heterocycles. The Hall–Kier alpha value is -2.06. The van der Waals surface area contributed by atoms with E-state index in [1.807, 2.05) is 12.1 Å². The topological polar surface area (TPSA) is 62.8 Å². The van der Waals surface area contributed by atoms with Crippen molar-refractivity contribution < 1.29 is 10.8 Å². The number of anilines is 3. The van der Waals surface area contributed by atoms with Crippen molar-refractivity contribution in [3.8, 4) is 11.5 Å². The minimum Gasteiger partial charge on any atom is -0.494 e. The Morgan fingerprint density at radius 1 is 1.19 bits per heavy atom. The smallest absolute Gasteiger partial charge is 0.227 e. The van der Waals surface area contributed by atoms with Crippen LogP contribution in [-0.4, -0.2) is 62.3 Å². The van der Waals surface area contributed by atoms with Crippen LogP contribution in [0.2, 0.25) is 0 Å². The van der Waals surface area contributed by atoms with Gasteiger partial charge in [0.05, 0.1) is 31.4 Å². The third-order valence-corrected chi connectivity index (χ3v) is 5.23. The van der Waals surface area contributed by atoms with Gasteiger partial charge in [0.25, 0.3) is 0 Å². The summed E-state index contributed by atoms with van der Waals surface area (Å²) >= 11 is 3.24. The first-order valence-electron chi connectivity index (χ1n) is 9.36. The van der Waals surface area contributed by atoms with Crippen molar-refractivity contribution in [2.75, 3.05) is 51.6 Å². The Bertz CT molecular complexity index is 828. The summed E-state index contributed by atoms with van der Waals surface area (Å²) in [6.45, 7) is 1.93. The lowest BCUT2D eigenvalue weighted by Gasteiger charge is -2.37. The third kappa shape index (κ3) is 4.62. The van der Waals surface area contributed by atoms with E-state index in [2.05, 4.69) is 55.1 Å². The molecule has 0 radical (unpaired) electrons. The summed E-state index contributed by atoms with van der Waals surface area (Å²) in [4.78, 5) is 13.0. The molecule has 1 aliphatic rings. The van der Waals surface area contributed by atoms with Crippen molar-refractivity contribution in [2.45, 2.75) is 18.9 Å². The highest BCUT2D eigenvalue weighted by Gasteiger charge is 2.24. The summed E-state index contributed by atoms with van der Waals surface area (Å²) in [5.74, 6) is 1.76. The van der Waals surface area contributed by atoms with Crippen LogP contribution >= 0.6 is 15.9 Å². The molecule has 7 nitrogen and oxygen atoms in total. The fourth-order valence-corrected chi connectivity index (χ4v) is 3.50. The molecule has 0 spiro atoms. The average molecular weight is 437 g/mol. The zero-order valence-electron chi connectivity index (χ0n) is 17.1. The van der Waals surface area contributed by atoms with Gasteiger partial charge in [0.1, 0.15) is 11.5 Å². The second kappa shape index (κ2) is 8.75. The number of ether oxygens (including phenoxy) is 2. The minimum absolute atomic E-state index is 0.115. The predicted octanol–water partition coefficient (Wildman–Crippen LogP) is 3.53. The molecular weight excluding hydrogens is 410 g/mol. The van der Waals surface area contributed by atoms with Crippen LogP contribution in [0.1, 0.15) is 14.2 Å². The van der Waals surface area contributed by atoms with Crippen LogP contribution in [0.3, 0.4) is 0 Å². The third-order valence-electron chi connectivity index (χ3n) is 4.85. The van der Waals surface area contributed by atoms with Gasteiger partial charge in [-0.2, -0.15) is 0 Å². The Morgan fingerprint density at radius 2 is 1.89 bits per heavy atom. The van der Waals surface area contributed by atoms with Gasteiger partial charge in [-0.1, -0.05) is 0 Å². The molecule has 27 heavy (non-hydrogen) atoms. The second-order valence-electron chi connectivity index (χ2n) is 6.68. The van der Waals surface area contributed by atoms with Crippen LogP contribution in [0, 0.1) is 0 Å². The summed E-state index contributed by atoms with van der Waals surface area (Å²) in [6.07, 6.45) is 3.88. The highest BCUT2D eigenvalue weighted by atomic mass is 79.9. The molecular formula is C19H26BrN5O2. The molecule has 146 valence electrons. The number of hydrogen-bond acceptors (Lipinski definition) is 7. The second-order valence-corrected chi connectivity index (χ2v) is 7.54. The zero-order valence-corrected chi connectivity index (χ0v) is 17.7. The van der Waals surface area contributed by atoms with Gasteiger partial charge in [0, 0.05) is 43.6 Å². The van der Waals surface area contributed by atoms with Crippen LogP contribution in [0.4, 0.5) is 17.3 Å². The van der Waals surface area contributed by atoms with Crippen molar-refractivity contribution in [3.63, 3.8) is 0 Å². The van der Waals surface area contributed by atoms with E-state index in [4.69, 9.17) is 10.8 Å². The summed E-state index contributed by atoms with van der Waals surface area (Å²) in [5.41, 5.74) is 1.70. The maximum atomic E-state index is 7.81. The van der Waals surface area contributed by atoms with E-state index in [0.717, 1.165) is 37.4 Å². The summed E-state index contributed by atoms with van der Waals surface area (Å²) in [6, 6.07) is 4.48. The van der Waals surface area contributed by atoms with Crippen LogP contribution in [0.5, 0.6) is 11.5 Å². The van der Waals surface area contributed by atoms with E-state index in [1.165, 1.54) is 0 Å². The molecule has 1 fully saturated rings. The fourth-order valence-electron chi connectivity index (χ4n) is 3.31. The van der Waals surface area contributed by atoms with Gasteiger partial charge >= 0.3 is 0 Å². The Morgan fingerprint density at radius 3 is 2.48 bits per heavy atom. The van der Waals surface area contributed by atoms with Gasteiger partial charge in [-0.3, -0.25) is 0 Å². The monoisotopic (exact) mass is 436 g/mol. The highest BCUT2D eigenvalue weighted by Crippen LogP contribution is 2.40. The number of piperidine rings is 1. The van der Waals surface area contributed by atoms with E-state index in [1.54, 1.807) is 20.4 Å².